The van der Waals surface area contributed by atoms with Gasteiger partial charge in [0.1, 0.15) is 24.4 Å². The summed E-state index contributed by atoms with van der Waals surface area (Å²) in [7, 11) is 0. The number of carbonyl (C=O) groups excluding carboxylic acids is 1. The lowest BCUT2D eigenvalue weighted by Crippen LogP contribution is -2.59. The molecule has 4 N–H and O–H groups in total. The summed E-state index contributed by atoms with van der Waals surface area (Å²) in [5.74, 6) is -0.179. The molecule has 0 aromatic carbocycles. The van der Waals surface area contributed by atoms with E-state index in [0.717, 1.165) is 11.1 Å². The van der Waals surface area contributed by atoms with Crippen LogP contribution in [0.15, 0.2) is 23.8 Å². The molecule has 6 atom stereocenters. The summed E-state index contributed by atoms with van der Waals surface area (Å²) < 4.78 is 10.7. The van der Waals surface area contributed by atoms with Crippen LogP contribution in [0.2, 0.25) is 0 Å². The SMILES string of the molecule is C=C(C)[C@@H]1CCC(CO[C@@H]2O[C@H](CO)[C@@H](O)[C@H](O)[C@H]2O)=CC1=O. The fourth-order valence-electron chi connectivity index (χ4n) is 2.84. The minimum Gasteiger partial charge on any atom is -0.394 e. The first-order chi connectivity index (χ1) is 10.8. The van der Waals surface area contributed by atoms with Crippen LogP contribution in [-0.2, 0) is 14.3 Å². The van der Waals surface area contributed by atoms with Crippen LogP contribution in [-0.4, -0.2) is 70.1 Å². The Morgan fingerprint density at radius 1 is 1.35 bits per heavy atom. The quantitative estimate of drug-likeness (QED) is 0.492. The minimum atomic E-state index is -1.47. The van der Waals surface area contributed by atoms with Crippen molar-refractivity contribution in [3.8, 4) is 0 Å². The summed E-state index contributed by atoms with van der Waals surface area (Å²) in [6.45, 7) is 5.19. The third-order valence-electron chi connectivity index (χ3n) is 4.32. The van der Waals surface area contributed by atoms with Gasteiger partial charge in [-0.15, -0.1) is 0 Å². The van der Waals surface area contributed by atoms with Crippen molar-refractivity contribution in [1.29, 1.82) is 0 Å². The van der Waals surface area contributed by atoms with Crippen molar-refractivity contribution >= 4 is 5.78 Å². The Morgan fingerprint density at radius 2 is 2.04 bits per heavy atom. The van der Waals surface area contributed by atoms with Crippen LogP contribution < -0.4 is 0 Å². The Bertz CT molecular complexity index is 485. The van der Waals surface area contributed by atoms with Crippen molar-refractivity contribution in [2.24, 2.45) is 5.92 Å². The fourth-order valence-corrected chi connectivity index (χ4v) is 2.84. The highest BCUT2D eigenvalue weighted by Gasteiger charge is 2.44. The van der Waals surface area contributed by atoms with Crippen LogP contribution in [0.25, 0.3) is 0 Å². The Morgan fingerprint density at radius 3 is 2.61 bits per heavy atom. The number of aliphatic hydroxyl groups excluding tert-OH is 4. The molecular formula is C16H24O7. The monoisotopic (exact) mass is 328 g/mol. The zero-order chi connectivity index (χ0) is 17.1. The zero-order valence-corrected chi connectivity index (χ0v) is 13.1. The van der Waals surface area contributed by atoms with E-state index in [1.165, 1.54) is 6.08 Å². The number of ketones is 1. The number of carbonyl (C=O) groups is 1. The van der Waals surface area contributed by atoms with Crippen molar-refractivity contribution < 1.29 is 34.7 Å². The van der Waals surface area contributed by atoms with Gasteiger partial charge in [0.15, 0.2) is 12.1 Å². The Balaban J connectivity index is 1.94. The summed E-state index contributed by atoms with van der Waals surface area (Å²) in [5.41, 5.74) is 1.60. The largest absolute Gasteiger partial charge is 0.394 e. The lowest BCUT2D eigenvalue weighted by Gasteiger charge is -2.39. The number of ether oxygens (including phenoxy) is 2. The normalized spacial score (nSPS) is 38.3. The number of aliphatic hydroxyl groups is 4. The van der Waals surface area contributed by atoms with Gasteiger partial charge in [0.2, 0.25) is 0 Å². The van der Waals surface area contributed by atoms with E-state index in [4.69, 9.17) is 14.6 Å². The molecule has 1 saturated heterocycles. The molecule has 0 spiro atoms. The molecule has 1 fully saturated rings. The number of hydrogen-bond donors (Lipinski definition) is 4. The second-order valence-corrected chi connectivity index (χ2v) is 6.15. The molecule has 1 aliphatic carbocycles. The topological polar surface area (TPSA) is 116 Å². The number of rotatable bonds is 5. The molecule has 0 aromatic heterocycles. The predicted octanol–water partition coefficient (Wildman–Crippen LogP) is -0.715. The molecule has 2 rings (SSSR count). The van der Waals surface area contributed by atoms with Crippen LogP contribution in [0.5, 0.6) is 0 Å². The van der Waals surface area contributed by atoms with Crippen LogP contribution in [0.3, 0.4) is 0 Å². The van der Waals surface area contributed by atoms with Gasteiger partial charge < -0.3 is 29.9 Å². The number of allylic oxidation sites excluding steroid dienone is 2. The van der Waals surface area contributed by atoms with E-state index in [2.05, 4.69) is 6.58 Å². The third-order valence-corrected chi connectivity index (χ3v) is 4.32. The summed E-state index contributed by atoms with van der Waals surface area (Å²) >= 11 is 0. The highest BCUT2D eigenvalue weighted by Crippen LogP contribution is 2.27. The molecule has 0 unspecified atom stereocenters. The van der Waals surface area contributed by atoms with E-state index in [1.807, 2.05) is 6.92 Å². The van der Waals surface area contributed by atoms with Crippen molar-refractivity contribution in [3.05, 3.63) is 23.8 Å². The van der Waals surface area contributed by atoms with Crippen molar-refractivity contribution in [3.63, 3.8) is 0 Å². The first-order valence-electron chi connectivity index (χ1n) is 7.66. The van der Waals surface area contributed by atoms with E-state index in [0.29, 0.717) is 12.8 Å². The lowest BCUT2D eigenvalue weighted by atomic mass is 9.85. The van der Waals surface area contributed by atoms with Crippen LogP contribution >= 0.6 is 0 Å². The Kier molecular flexibility index (Phi) is 6.07. The number of hydrogen-bond acceptors (Lipinski definition) is 7. The molecule has 0 aromatic rings. The van der Waals surface area contributed by atoms with Gasteiger partial charge in [0.25, 0.3) is 0 Å². The van der Waals surface area contributed by atoms with Gasteiger partial charge in [-0.25, -0.2) is 0 Å². The zero-order valence-electron chi connectivity index (χ0n) is 13.1. The highest BCUT2D eigenvalue weighted by atomic mass is 16.7. The maximum absolute atomic E-state index is 12.0. The average molecular weight is 328 g/mol. The summed E-state index contributed by atoms with van der Waals surface area (Å²) in [4.78, 5) is 12.0. The predicted molar refractivity (Wildman–Crippen MR) is 80.3 cm³/mol. The molecule has 130 valence electrons. The fraction of sp³-hybridized carbons (Fsp3) is 0.688. The van der Waals surface area contributed by atoms with Gasteiger partial charge in [-0.1, -0.05) is 12.2 Å². The summed E-state index contributed by atoms with van der Waals surface area (Å²) in [5, 5.41) is 38.4. The van der Waals surface area contributed by atoms with Gasteiger partial charge in [0.05, 0.1) is 13.2 Å². The molecular weight excluding hydrogens is 304 g/mol. The van der Waals surface area contributed by atoms with Crippen molar-refractivity contribution in [1.82, 2.24) is 0 Å². The summed E-state index contributed by atoms with van der Waals surface area (Å²) in [6, 6.07) is 0. The summed E-state index contributed by atoms with van der Waals surface area (Å²) in [6.07, 6.45) is -3.65. The van der Waals surface area contributed by atoms with Crippen LogP contribution in [0, 0.1) is 5.92 Å². The van der Waals surface area contributed by atoms with E-state index in [9.17, 15) is 20.1 Å². The van der Waals surface area contributed by atoms with Crippen molar-refractivity contribution in [2.75, 3.05) is 13.2 Å². The maximum Gasteiger partial charge on any atom is 0.187 e. The second-order valence-electron chi connectivity index (χ2n) is 6.15. The molecule has 1 aliphatic heterocycles. The Labute approximate surface area is 134 Å². The molecule has 1 heterocycles. The Hall–Kier alpha value is -1.09. The van der Waals surface area contributed by atoms with Gasteiger partial charge in [-0.3, -0.25) is 4.79 Å². The average Bonchev–Trinajstić information content (AvgIpc) is 2.51. The molecule has 2 aliphatic rings. The van der Waals surface area contributed by atoms with Gasteiger partial charge in [-0.2, -0.15) is 0 Å². The molecule has 7 nitrogen and oxygen atoms in total. The van der Waals surface area contributed by atoms with Crippen LogP contribution in [0.4, 0.5) is 0 Å². The lowest BCUT2D eigenvalue weighted by molar-refractivity contribution is -0.299. The van der Waals surface area contributed by atoms with E-state index < -0.39 is 37.3 Å². The standard InChI is InChI=1S/C16H24O7/c1-8(2)10-4-3-9(5-11(10)18)7-22-16-15(21)14(20)13(19)12(6-17)23-16/h5,10,12-17,19-21H,1,3-4,6-7H2,2H3/t10-,12+,13+,14-,15+,16+/m0/s1. The molecule has 0 saturated carbocycles. The van der Waals surface area contributed by atoms with E-state index in [-0.39, 0.29) is 18.3 Å². The smallest absolute Gasteiger partial charge is 0.187 e. The van der Waals surface area contributed by atoms with E-state index >= 15 is 0 Å². The van der Waals surface area contributed by atoms with Gasteiger partial charge >= 0.3 is 0 Å². The molecule has 0 bridgehead atoms. The minimum absolute atomic E-state index is 0.0175. The van der Waals surface area contributed by atoms with Crippen LogP contribution in [0.1, 0.15) is 19.8 Å². The molecule has 7 heteroatoms. The second kappa shape index (κ2) is 7.65. The first kappa shape index (κ1) is 18.3. The van der Waals surface area contributed by atoms with E-state index in [1.54, 1.807) is 0 Å². The highest BCUT2D eigenvalue weighted by molar-refractivity contribution is 5.95. The molecule has 0 amide bonds. The van der Waals surface area contributed by atoms with Crippen molar-refractivity contribution in [2.45, 2.75) is 50.5 Å². The molecule has 23 heavy (non-hydrogen) atoms. The molecule has 0 radical (unpaired) electrons. The first-order valence-corrected chi connectivity index (χ1v) is 7.66. The van der Waals surface area contributed by atoms with Gasteiger partial charge in [0, 0.05) is 5.92 Å². The van der Waals surface area contributed by atoms with Gasteiger partial charge in [-0.05, 0) is 31.4 Å². The third kappa shape index (κ3) is 4.06. The maximum atomic E-state index is 12.0.